The van der Waals surface area contributed by atoms with Crippen molar-refractivity contribution in [3.63, 3.8) is 0 Å². The average molecular weight is 408 g/mol. The fourth-order valence-corrected chi connectivity index (χ4v) is 3.34. The Morgan fingerprint density at radius 3 is 1.85 bits per heavy atom. The lowest BCUT2D eigenvalue weighted by Crippen LogP contribution is -2.68. The number of phosphoric ester groups is 1. The highest BCUT2D eigenvalue weighted by Crippen LogP contribution is 2.30. The number of allylic oxidation sites excluding steroid dienone is 1. The number of aliphatic hydroxyl groups excluding tert-OH is 1. The van der Waals surface area contributed by atoms with Crippen LogP contribution in [0.1, 0.15) is 96.8 Å². The predicted octanol–water partition coefficient (Wildman–Crippen LogP) is 3.47. The van der Waals surface area contributed by atoms with E-state index in [1.165, 1.54) is 77.0 Å². The molecule has 0 rings (SSSR count). The Balaban J connectivity index is 3.40. The van der Waals surface area contributed by atoms with E-state index in [1.54, 1.807) is 6.08 Å². The molecule has 0 heterocycles. The minimum Gasteiger partial charge on any atom is -0.756 e. The van der Waals surface area contributed by atoms with Crippen molar-refractivity contribution in [3.8, 4) is 0 Å². The molecule has 5 N–H and O–H groups in total. The second-order valence-corrected chi connectivity index (χ2v) is 8.67. The van der Waals surface area contributed by atoms with E-state index in [4.69, 9.17) is 4.89 Å². The van der Waals surface area contributed by atoms with Crippen LogP contribution in [0.4, 0.5) is 0 Å². The van der Waals surface area contributed by atoms with Gasteiger partial charge in [0.2, 0.25) is 0 Å². The second kappa shape index (κ2) is 17.8. The summed E-state index contributed by atoms with van der Waals surface area (Å²) in [5.41, 5.74) is 3.63. The maximum atomic E-state index is 10.5. The molecule has 0 spiro atoms. The number of hydrogen-bond donors (Lipinski definition) is 3. The zero-order valence-electron chi connectivity index (χ0n) is 17.2. The summed E-state index contributed by atoms with van der Waals surface area (Å²) in [5.74, 6) is 0. The minimum atomic E-state index is -4.75. The van der Waals surface area contributed by atoms with E-state index in [0.717, 1.165) is 12.8 Å². The summed E-state index contributed by atoms with van der Waals surface area (Å²) in [6.45, 7) is 1.92. The van der Waals surface area contributed by atoms with Crippen molar-refractivity contribution in [2.75, 3.05) is 6.61 Å². The number of hydrogen-bond acceptors (Lipinski definition) is 4. The molecule has 0 saturated heterocycles. The van der Waals surface area contributed by atoms with Crippen LogP contribution in [0.2, 0.25) is 0 Å². The summed E-state index contributed by atoms with van der Waals surface area (Å²) in [5, 5.41) is 9.82. The van der Waals surface area contributed by atoms with Gasteiger partial charge >= 0.3 is 0 Å². The fourth-order valence-electron chi connectivity index (χ4n) is 2.96. The Bertz CT molecular complexity index is 400. The van der Waals surface area contributed by atoms with Gasteiger partial charge in [0.05, 0.1) is 0 Å². The number of quaternary nitrogens is 1. The molecule has 0 amide bonds. The molecule has 0 aromatic carbocycles. The molecule has 6 nitrogen and oxygen atoms in total. The van der Waals surface area contributed by atoms with Crippen molar-refractivity contribution in [3.05, 3.63) is 12.2 Å². The first-order chi connectivity index (χ1) is 12.9. The van der Waals surface area contributed by atoms with Crippen LogP contribution >= 0.6 is 7.82 Å². The number of aliphatic hydroxyl groups is 1. The van der Waals surface area contributed by atoms with Crippen LogP contribution in [0, 0.1) is 0 Å². The lowest BCUT2D eigenvalue weighted by Gasteiger charge is -2.18. The van der Waals surface area contributed by atoms with Crippen LogP contribution in [0.3, 0.4) is 0 Å². The Hall–Kier alpha value is -0.230. The molecular formula is C20H42NO5P. The summed E-state index contributed by atoms with van der Waals surface area (Å²) in [6.07, 6.45) is 20.7. The van der Waals surface area contributed by atoms with Crippen LogP contribution in [0.15, 0.2) is 12.2 Å². The van der Waals surface area contributed by atoms with Crippen molar-refractivity contribution in [1.29, 1.82) is 0 Å². The molecule has 0 aromatic rings. The molecule has 27 heavy (non-hydrogen) atoms. The van der Waals surface area contributed by atoms with Gasteiger partial charge in [0.15, 0.2) is 0 Å². The van der Waals surface area contributed by atoms with E-state index in [0.29, 0.717) is 0 Å². The number of unbranched alkanes of at least 4 members (excludes halogenated alkanes) is 13. The summed E-state index contributed by atoms with van der Waals surface area (Å²) in [4.78, 5) is 19.0. The van der Waals surface area contributed by atoms with Gasteiger partial charge in [-0.05, 0) is 12.8 Å². The lowest BCUT2D eigenvalue weighted by molar-refractivity contribution is -0.438. The van der Waals surface area contributed by atoms with Gasteiger partial charge in [0.25, 0.3) is 7.82 Å². The monoisotopic (exact) mass is 407 g/mol. The topological polar surface area (TPSA) is 117 Å². The van der Waals surface area contributed by atoms with E-state index >= 15 is 0 Å². The van der Waals surface area contributed by atoms with E-state index in [-0.39, 0.29) is 6.61 Å². The van der Waals surface area contributed by atoms with Crippen molar-refractivity contribution in [1.82, 2.24) is 0 Å². The molecule has 0 aliphatic heterocycles. The molecule has 162 valence electrons. The van der Waals surface area contributed by atoms with Gasteiger partial charge in [-0.1, -0.05) is 96.1 Å². The number of phosphoric acid groups is 1. The maximum absolute atomic E-state index is 10.5. The third-order valence-corrected chi connectivity index (χ3v) is 5.22. The third kappa shape index (κ3) is 20.3. The molecule has 3 atom stereocenters. The average Bonchev–Trinajstić information content (AvgIpc) is 2.62. The van der Waals surface area contributed by atoms with Gasteiger partial charge in [0.1, 0.15) is 18.8 Å². The highest BCUT2D eigenvalue weighted by Gasteiger charge is 2.17. The predicted molar refractivity (Wildman–Crippen MR) is 108 cm³/mol. The molecule has 7 heteroatoms. The van der Waals surface area contributed by atoms with Gasteiger partial charge in [-0.25, -0.2) is 0 Å². The first-order valence-corrected chi connectivity index (χ1v) is 12.2. The lowest BCUT2D eigenvalue weighted by atomic mass is 10.0. The molecule has 0 bridgehead atoms. The van der Waals surface area contributed by atoms with Crippen molar-refractivity contribution < 1.29 is 29.7 Å². The van der Waals surface area contributed by atoms with Gasteiger partial charge in [0, 0.05) is 0 Å². The van der Waals surface area contributed by atoms with Crippen LogP contribution in [-0.2, 0) is 9.09 Å². The molecule has 0 radical (unpaired) electrons. The van der Waals surface area contributed by atoms with E-state index in [2.05, 4.69) is 17.2 Å². The summed E-state index contributed by atoms with van der Waals surface area (Å²) in [6, 6.07) is -0.637. The molecule has 0 aliphatic rings. The standard InChI is InChI=1S/C20H42NO5P/c1-2-3-4-5-6-7-8-9-10-11-12-13-14-15-16-17-20(22)19(21)18-26-27(23,24)25/h16-17,19-20,22H,2-15,18,21H2,1H3,(H2,23,24,25)/b17-16+. The van der Waals surface area contributed by atoms with Gasteiger partial charge < -0.3 is 25.2 Å². The third-order valence-electron chi connectivity index (χ3n) is 4.74. The molecule has 0 fully saturated rings. The molecule has 0 aromatic heterocycles. The Kier molecular flexibility index (Phi) is 17.7. The fraction of sp³-hybridized carbons (Fsp3) is 0.900. The maximum Gasteiger partial charge on any atom is 0.265 e. The van der Waals surface area contributed by atoms with Crippen LogP contribution in [0.25, 0.3) is 0 Å². The van der Waals surface area contributed by atoms with Crippen LogP contribution in [0.5, 0.6) is 0 Å². The molecule has 3 unspecified atom stereocenters. The zero-order valence-corrected chi connectivity index (χ0v) is 18.1. The normalized spacial score (nSPS) is 16.5. The Morgan fingerprint density at radius 1 is 0.963 bits per heavy atom. The summed E-state index contributed by atoms with van der Waals surface area (Å²) in [7, 11) is -4.75. The molecular weight excluding hydrogens is 365 g/mol. The van der Waals surface area contributed by atoms with Crippen LogP contribution < -0.4 is 10.6 Å². The molecule has 0 saturated carbocycles. The SMILES string of the molecule is CCCCCCCCCCCCCCC/C=C/C(O)C([NH3+])COP(=O)([O-])O. The zero-order chi connectivity index (χ0) is 20.4. The highest BCUT2D eigenvalue weighted by atomic mass is 31.2. The van der Waals surface area contributed by atoms with Crippen molar-refractivity contribution in [2.45, 2.75) is 109 Å². The summed E-state index contributed by atoms with van der Waals surface area (Å²) < 4.78 is 14.7. The quantitative estimate of drug-likeness (QED) is 0.172. The smallest absolute Gasteiger partial charge is 0.265 e. The summed E-state index contributed by atoms with van der Waals surface area (Å²) >= 11 is 0. The first-order valence-electron chi connectivity index (χ1n) is 10.7. The van der Waals surface area contributed by atoms with Gasteiger partial charge in [-0.15, -0.1) is 0 Å². The first kappa shape index (κ1) is 26.8. The minimum absolute atomic E-state index is 0.332. The largest absolute Gasteiger partial charge is 0.756 e. The molecule has 0 aliphatic carbocycles. The van der Waals surface area contributed by atoms with Gasteiger partial charge in [-0.3, -0.25) is 4.57 Å². The van der Waals surface area contributed by atoms with Crippen molar-refractivity contribution >= 4 is 7.82 Å². The number of rotatable bonds is 19. The Morgan fingerprint density at radius 2 is 1.41 bits per heavy atom. The van der Waals surface area contributed by atoms with E-state index < -0.39 is 20.0 Å². The Labute approximate surface area is 165 Å². The van der Waals surface area contributed by atoms with E-state index in [1.807, 2.05) is 6.08 Å². The van der Waals surface area contributed by atoms with Gasteiger partial charge in [-0.2, -0.15) is 0 Å². The highest BCUT2D eigenvalue weighted by molar-refractivity contribution is 7.44. The second-order valence-electron chi connectivity index (χ2n) is 7.47. The van der Waals surface area contributed by atoms with E-state index in [9.17, 15) is 14.6 Å². The van der Waals surface area contributed by atoms with Crippen LogP contribution in [-0.4, -0.2) is 28.8 Å². The van der Waals surface area contributed by atoms with Crippen molar-refractivity contribution in [2.24, 2.45) is 0 Å².